The van der Waals surface area contributed by atoms with Gasteiger partial charge in [-0.2, -0.15) is 0 Å². The van der Waals surface area contributed by atoms with Crippen molar-refractivity contribution in [3.05, 3.63) is 6.92 Å². The summed E-state index contributed by atoms with van der Waals surface area (Å²) in [6.07, 6.45) is 8.00. The molecule has 0 unspecified atom stereocenters. The van der Waals surface area contributed by atoms with Crippen LogP contribution in [0.15, 0.2) is 0 Å². The second kappa shape index (κ2) is 6.01. The van der Waals surface area contributed by atoms with Crippen LogP contribution in [0.3, 0.4) is 0 Å². The Kier molecular flexibility index (Phi) is 4.87. The molecule has 1 aliphatic carbocycles. The van der Waals surface area contributed by atoms with Gasteiger partial charge in [0.2, 0.25) is 0 Å². The van der Waals surface area contributed by atoms with Gasteiger partial charge in [-0.1, -0.05) is 25.7 Å². The van der Waals surface area contributed by atoms with Gasteiger partial charge in [0.05, 0.1) is 6.61 Å². The number of carbonyl (C=O) groups is 1. The van der Waals surface area contributed by atoms with E-state index in [1.54, 1.807) is 0 Å². The Hall–Kier alpha value is -0.530. The third-order valence-electron chi connectivity index (χ3n) is 2.66. The molecule has 0 aromatic carbocycles. The largest absolute Gasteiger partial charge is 0.465 e. The van der Waals surface area contributed by atoms with Crippen molar-refractivity contribution in [2.75, 3.05) is 6.61 Å². The van der Waals surface area contributed by atoms with E-state index in [0.29, 0.717) is 12.5 Å². The molecule has 0 aliphatic heterocycles. The van der Waals surface area contributed by atoms with E-state index in [2.05, 4.69) is 6.92 Å². The number of hydrogen-bond acceptors (Lipinski definition) is 2. The van der Waals surface area contributed by atoms with E-state index in [4.69, 9.17) is 4.74 Å². The van der Waals surface area contributed by atoms with E-state index in [1.807, 2.05) is 0 Å². The molecule has 1 rings (SSSR count). The van der Waals surface area contributed by atoms with Crippen molar-refractivity contribution in [3.63, 3.8) is 0 Å². The lowest BCUT2D eigenvalue weighted by atomic mass is 10.0. The molecule has 0 aromatic heterocycles. The fraction of sp³-hybridized carbons (Fsp3) is 0.818. The third-order valence-corrected chi connectivity index (χ3v) is 2.66. The summed E-state index contributed by atoms with van der Waals surface area (Å²) in [6, 6.07) is 0. The van der Waals surface area contributed by atoms with Crippen LogP contribution in [0.4, 0.5) is 0 Å². The van der Waals surface area contributed by atoms with Crippen molar-refractivity contribution in [2.24, 2.45) is 5.92 Å². The highest BCUT2D eigenvalue weighted by Gasteiger charge is 2.13. The Balaban J connectivity index is 2.15. The summed E-state index contributed by atoms with van der Waals surface area (Å²) in [5.74, 6) is 0.447. The van der Waals surface area contributed by atoms with Crippen LogP contribution in [0, 0.1) is 12.8 Å². The Morgan fingerprint density at radius 1 is 1.23 bits per heavy atom. The standard InChI is InChI=1S/C11H19O2/c1-2-11(12)13-9-10-7-5-3-4-6-8-10/h10H,1-9H2. The van der Waals surface area contributed by atoms with Crippen molar-refractivity contribution in [1.29, 1.82) is 0 Å². The summed E-state index contributed by atoms with van der Waals surface area (Å²) in [7, 11) is 0. The number of carbonyl (C=O) groups excluding carboxylic acids is 1. The summed E-state index contributed by atoms with van der Waals surface area (Å²) < 4.78 is 5.08. The van der Waals surface area contributed by atoms with Gasteiger partial charge in [-0.05, 0) is 25.7 Å². The molecular formula is C11H19O2. The molecule has 1 radical (unpaired) electrons. The molecule has 1 fully saturated rings. The normalized spacial score (nSPS) is 19.5. The fourth-order valence-electron chi connectivity index (χ4n) is 1.81. The SMILES string of the molecule is [CH2]CC(=O)OCC1CCCCCC1. The van der Waals surface area contributed by atoms with Crippen LogP contribution in [-0.2, 0) is 9.53 Å². The summed E-state index contributed by atoms with van der Waals surface area (Å²) in [5, 5.41) is 0. The van der Waals surface area contributed by atoms with E-state index < -0.39 is 0 Å². The second-order valence-electron chi connectivity index (χ2n) is 3.79. The monoisotopic (exact) mass is 183 g/mol. The van der Waals surface area contributed by atoms with Crippen LogP contribution in [0.5, 0.6) is 0 Å². The van der Waals surface area contributed by atoms with E-state index >= 15 is 0 Å². The average Bonchev–Trinajstić information content (AvgIpc) is 2.42. The maximum absolute atomic E-state index is 10.9. The molecule has 0 atom stereocenters. The van der Waals surface area contributed by atoms with Crippen LogP contribution in [0.2, 0.25) is 0 Å². The zero-order valence-electron chi connectivity index (χ0n) is 8.26. The second-order valence-corrected chi connectivity index (χ2v) is 3.79. The number of ether oxygens (including phenoxy) is 1. The first kappa shape index (κ1) is 10.6. The van der Waals surface area contributed by atoms with Crippen LogP contribution in [-0.4, -0.2) is 12.6 Å². The van der Waals surface area contributed by atoms with E-state index in [9.17, 15) is 4.79 Å². The van der Waals surface area contributed by atoms with Gasteiger partial charge in [0.25, 0.3) is 0 Å². The van der Waals surface area contributed by atoms with Gasteiger partial charge in [-0.25, -0.2) is 0 Å². The number of rotatable bonds is 3. The highest BCUT2D eigenvalue weighted by molar-refractivity contribution is 5.69. The Labute approximate surface area is 80.7 Å². The molecule has 75 valence electrons. The first-order valence-electron chi connectivity index (χ1n) is 5.28. The van der Waals surface area contributed by atoms with Gasteiger partial charge >= 0.3 is 5.97 Å². The zero-order valence-corrected chi connectivity index (χ0v) is 8.26. The van der Waals surface area contributed by atoms with Crippen molar-refractivity contribution in [2.45, 2.75) is 44.9 Å². The van der Waals surface area contributed by atoms with E-state index in [1.165, 1.54) is 38.5 Å². The highest BCUT2D eigenvalue weighted by atomic mass is 16.5. The van der Waals surface area contributed by atoms with Crippen LogP contribution in [0.25, 0.3) is 0 Å². The minimum atomic E-state index is -0.163. The lowest BCUT2D eigenvalue weighted by Crippen LogP contribution is -2.12. The van der Waals surface area contributed by atoms with Gasteiger partial charge in [0, 0.05) is 6.42 Å². The molecule has 0 spiro atoms. The Morgan fingerprint density at radius 3 is 2.38 bits per heavy atom. The molecule has 1 aliphatic rings. The maximum Gasteiger partial charge on any atom is 0.305 e. The zero-order chi connectivity index (χ0) is 9.52. The van der Waals surface area contributed by atoms with Crippen LogP contribution >= 0.6 is 0 Å². The maximum atomic E-state index is 10.9. The van der Waals surface area contributed by atoms with Crippen molar-refractivity contribution in [3.8, 4) is 0 Å². The lowest BCUT2D eigenvalue weighted by Gasteiger charge is -2.13. The van der Waals surface area contributed by atoms with Gasteiger partial charge in [0.15, 0.2) is 0 Å². The van der Waals surface area contributed by atoms with Crippen molar-refractivity contribution < 1.29 is 9.53 Å². The Bertz CT molecular complexity index is 146. The number of hydrogen-bond donors (Lipinski definition) is 0. The average molecular weight is 183 g/mol. The minimum Gasteiger partial charge on any atom is -0.465 e. The summed E-state index contributed by atoms with van der Waals surface area (Å²) in [4.78, 5) is 10.9. The molecule has 0 N–H and O–H groups in total. The molecular weight excluding hydrogens is 164 g/mol. The van der Waals surface area contributed by atoms with Gasteiger partial charge in [-0.15, -0.1) is 0 Å². The molecule has 1 saturated carbocycles. The van der Waals surface area contributed by atoms with E-state index in [-0.39, 0.29) is 12.4 Å². The lowest BCUT2D eigenvalue weighted by molar-refractivity contribution is -0.144. The number of esters is 1. The van der Waals surface area contributed by atoms with Crippen molar-refractivity contribution in [1.82, 2.24) is 0 Å². The van der Waals surface area contributed by atoms with E-state index in [0.717, 1.165) is 0 Å². The van der Waals surface area contributed by atoms with Gasteiger partial charge in [-0.3, -0.25) is 4.79 Å². The fourth-order valence-corrected chi connectivity index (χ4v) is 1.81. The molecule has 0 saturated heterocycles. The molecule has 0 amide bonds. The summed E-state index contributed by atoms with van der Waals surface area (Å²) in [6.45, 7) is 4.11. The van der Waals surface area contributed by atoms with Crippen molar-refractivity contribution >= 4 is 5.97 Å². The summed E-state index contributed by atoms with van der Waals surface area (Å²) in [5.41, 5.74) is 0. The van der Waals surface area contributed by atoms with Gasteiger partial charge in [0.1, 0.15) is 0 Å². The van der Waals surface area contributed by atoms with Crippen LogP contribution < -0.4 is 0 Å². The predicted molar refractivity (Wildman–Crippen MR) is 52.1 cm³/mol. The summed E-state index contributed by atoms with van der Waals surface area (Å²) >= 11 is 0. The highest BCUT2D eigenvalue weighted by Crippen LogP contribution is 2.22. The van der Waals surface area contributed by atoms with Gasteiger partial charge < -0.3 is 4.74 Å². The molecule has 13 heavy (non-hydrogen) atoms. The molecule has 0 aromatic rings. The molecule has 2 nitrogen and oxygen atoms in total. The Morgan fingerprint density at radius 2 is 1.85 bits per heavy atom. The minimum absolute atomic E-state index is 0.163. The molecule has 2 heteroatoms. The smallest absolute Gasteiger partial charge is 0.305 e. The first-order valence-corrected chi connectivity index (χ1v) is 5.28. The quantitative estimate of drug-likeness (QED) is 0.496. The first-order chi connectivity index (χ1) is 6.33. The molecule has 0 heterocycles. The topological polar surface area (TPSA) is 26.3 Å². The molecule has 0 bridgehead atoms. The van der Waals surface area contributed by atoms with Crippen LogP contribution in [0.1, 0.15) is 44.9 Å². The third kappa shape index (κ3) is 4.30. The predicted octanol–water partition coefficient (Wildman–Crippen LogP) is 2.72.